The van der Waals surface area contributed by atoms with E-state index < -0.39 is 0 Å². The van der Waals surface area contributed by atoms with Crippen LogP contribution in [0.5, 0.6) is 0 Å². The Labute approximate surface area is 143 Å². The average Bonchev–Trinajstić information content (AvgIpc) is 2.82. The second kappa shape index (κ2) is 4.77. The van der Waals surface area contributed by atoms with Gasteiger partial charge in [0, 0.05) is 0 Å². The smallest absolute Gasteiger partial charge is 0.00744 e. The Bertz CT molecular complexity index is 500. The van der Waals surface area contributed by atoms with Gasteiger partial charge in [-0.2, -0.15) is 0 Å². The maximum absolute atomic E-state index is 5.99. The highest BCUT2D eigenvalue weighted by Gasteiger charge is 2.86. The molecule has 0 aromatic carbocycles. The van der Waals surface area contributed by atoms with Crippen LogP contribution >= 0.6 is 0 Å². The van der Waals surface area contributed by atoms with Crippen LogP contribution in [-0.4, -0.2) is 6.54 Å². The van der Waals surface area contributed by atoms with Crippen LogP contribution in [0.15, 0.2) is 0 Å². The van der Waals surface area contributed by atoms with Gasteiger partial charge in [-0.3, -0.25) is 0 Å². The highest BCUT2D eigenvalue weighted by molar-refractivity contribution is 5.34. The zero-order valence-electron chi connectivity index (χ0n) is 15.4. The minimum Gasteiger partial charge on any atom is -0.330 e. The Morgan fingerprint density at radius 2 is 1.83 bits per heavy atom. The van der Waals surface area contributed by atoms with Gasteiger partial charge >= 0.3 is 0 Å². The average molecular weight is 316 g/mol. The predicted octanol–water partition coefficient (Wildman–Crippen LogP) is 5.38. The summed E-state index contributed by atoms with van der Waals surface area (Å²) in [5.41, 5.74) is 8.26. The lowest BCUT2D eigenvalue weighted by Gasteiger charge is -2.46. The summed E-state index contributed by atoms with van der Waals surface area (Å²) in [6.07, 6.45) is 16.8. The molecule has 1 nitrogen and oxygen atoms in total. The molecule has 1 heteroatoms. The van der Waals surface area contributed by atoms with Crippen molar-refractivity contribution in [1.82, 2.24) is 0 Å². The summed E-state index contributed by atoms with van der Waals surface area (Å²) in [5.74, 6) is 5.32. The molecule has 7 unspecified atom stereocenters. The summed E-state index contributed by atoms with van der Waals surface area (Å²) >= 11 is 0. The summed E-state index contributed by atoms with van der Waals surface area (Å²) in [5, 5.41) is 0. The minimum atomic E-state index is 0.643. The van der Waals surface area contributed by atoms with E-state index in [-0.39, 0.29) is 0 Å². The third-order valence-electron chi connectivity index (χ3n) is 10.4. The van der Waals surface area contributed by atoms with Crippen LogP contribution in [0.1, 0.15) is 84.5 Å². The number of hydrogen-bond acceptors (Lipinski definition) is 1. The molecular weight excluding hydrogens is 278 g/mol. The lowest BCUT2D eigenvalue weighted by atomic mass is 9.59. The van der Waals surface area contributed by atoms with Crippen LogP contribution in [0.2, 0.25) is 0 Å². The van der Waals surface area contributed by atoms with Gasteiger partial charge in [-0.1, -0.05) is 33.1 Å². The Morgan fingerprint density at radius 3 is 2.61 bits per heavy atom. The first-order valence-corrected chi connectivity index (χ1v) is 10.8. The van der Waals surface area contributed by atoms with Gasteiger partial charge in [0.25, 0.3) is 0 Å². The second-order valence-corrected chi connectivity index (χ2v) is 10.3. The fourth-order valence-electron chi connectivity index (χ4n) is 9.86. The van der Waals surface area contributed by atoms with E-state index in [1.165, 1.54) is 32.1 Å². The molecule has 5 fully saturated rings. The molecule has 0 bridgehead atoms. The molecule has 5 saturated carbocycles. The maximum Gasteiger partial charge on any atom is -0.00744 e. The Balaban J connectivity index is 1.54. The molecule has 2 spiro atoms. The Kier molecular flexibility index (Phi) is 3.16. The summed E-state index contributed by atoms with van der Waals surface area (Å²) in [7, 11) is 0. The lowest BCUT2D eigenvalue weighted by molar-refractivity contribution is 0.0288. The SMILES string of the molecule is CC[C@H]1CC23C4CCC(CCN)C4(C)CCC2C32CCCCC12. The number of hydrogen-bond donors (Lipinski definition) is 1. The van der Waals surface area contributed by atoms with Gasteiger partial charge in [-0.15, -0.1) is 0 Å². The third kappa shape index (κ3) is 1.52. The molecule has 2 N–H and O–H groups in total. The molecule has 0 amide bonds. The van der Waals surface area contributed by atoms with Crippen molar-refractivity contribution in [2.24, 2.45) is 51.6 Å². The van der Waals surface area contributed by atoms with Crippen molar-refractivity contribution in [1.29, 1.82) is 0 Å². The van der Waals surface area contributed by atoms with Crippen molar-refractivity contribution < 1.29 is 0 Å². The van der Waals surface area contributed by atoms with Gasteiger partial charge < -0.3 is 5.73 Å². The molecule has 5 aliphatic carbocycles. The van der Waals surface area contributed by atoms with E-state index in [9.17, 15) is 0 Å². The summed E-state index contributed by atoms with van der Waals surface area (Å²) in [6, 6.07) is 0. The van der Waals surface area contributed by atoms with Gasteiger partial charge in [0.05, 0.1) is 0 Å². The van der Waals surface area contributed by atoms with E-state index in [0.29, 0.717) is 5.41 Å². The first-order valence-electron chi connectivity index (χ1n) is 10.8. The van der Waals surface area contributed by atoms with Crippen molar-refractivity contribution in [3.63, 3.8) is 0 Å². The third-order valence-corrected chi connectivity index (χ3v) is 10.4. The molecule has 0 aliphatic heterocycles. The van der Waals surface area contributed by atoms with Gasteiger partial charge in [-0.05, 0) is 104 Å². The molecule has 0 aromatic heterocycles. The first kappa shape index (κ1) is 15.2. The Morgan fingerprint density at radius 1 is 0.957 bits per heavy atom. The van der Waals surface area contributed by atoms with E-state index in [1.54, 1.807) is 38.5 Å². The minimum absolute atomic E-state index is 0.643. The fourth-order valence-corrected chi connectivity index (χ4v) is 9.86. The quantitative estimate of drug-likeness (QED) is 0.743. The highest BCUT2D eigenvalue weighted by Crippen LogP contribution is 2.92. The largest absolute Gasteiger partial charge is 0.330 e. The molecule has 0 radical (unpaired) electrons. The van der Waals surface area contributed by atoms with Gasteiger partial charge in [-0.25, -0.2) is 0 Å². The Hall–Kier alpha value is -0.0400. The molecule has 23 heavy (non-hydrogen) atoms. The first-order chi connectivity index (χ1) is 11.1. The number of fused-ring (bicyclic) bond motifs is 1. The summed E-state index contributed by atoms with van der Waals surface area (Å²) < 4.78 is 0. The van der Waals surface area contributed by atoms with E-state index in [0.717, 1.165) is 47.0 Å². The summed E-state index contributed by atoms with van der Waals surface area (Å²) in [6.45, 7) is 6.09. The van der Waals surface area contributed by atoms with Gasteiger partial charge in [0.2, 0.25) is 0 Å². The van der Waals surface area contributed by atoms with Crippen LogP contribution in [-0.2, 0) is 0 Å². The standard InChI is InChI=1S/C22H37N/c1-3-15-14-22-18-8-7-16(10-13-23)20(18,2)12-9-19(22)21(22)11-5-4-6-17(15)21/h15-19H,3-14,23H2,1-2H3/t15-,16?,17?,18?,19?,20?,21?,22?/m0/s1. The van der Waals surface area contributed by atoms with Gasteiger partial charge in [0.15, 0.2) is 0 Å². The van der Waals surface area contributed by atoms with Crippen LogP contribution in [0.25, 0.3) is 0 Å². The molecule has 0 aromatic rings. The van der Waals surface area contributed by atoms with E-state index >= 15 is 0 Å². The van der Waals surface area contributed by atoms with Crippen LogP contribution in [0, 0.1) is 45.8 Å². The van der Waals surface area contributed by atoms with E-state index in [1.807, 2.05) is 0 Å². The molecule has 8 atom stereocenters. The maximum atomic E-state index is 5.99. The highest BCUT2D eigenvalue weighted by atomic mass is 14.9. The van der Waals surface area contributed by atoms with Crippen molar-refractivity contribution in [3.05, 3.63) is 0 Å². The lowest BCUT2D eigenvalue weighted by Crippen LogP contribution is -2.39. The molecular formula is C22H37N. The van der Waals surface area contributed by atoms with Crippen molar-refractivity contribution in [3.8, 4) is 0 Å². The van der Waals surface area contributed by atoms with Gasteiger partial charge in [0.1, 0.15) is 0 Å². The van der Waals surface area contributed by atoms with Crippen molar-refractivity contribution in [2.45, 2.75) is 84.5 Å². The molecule has 5 rings (SSSR count). The summed E-state index contributed by atoms with van der Waals surface area (Å²) in [4.78, 5) is 0. The molecule has 130 valence electrons. The van der Waals surface area contributed by atoms with Crippen molar-refractivity contribution in [2.75, 3.05) is 6.54 Å². The molecule has 0 saturated heterocycles. The van der Waals surface area contributed by atoms with Crippen molar-refractivity contribution >= 4 is 0 Å². The topological polar surface area (TPSA) is 26.0 Å². The van der Waals surface area contributed by atoms with Crippen LogP contribution < -0.4 is 5.73 Å². The van der Waals surface area contributed by atoms with Crippen LogP contribution in [0.4, 0.5) is 0 Å². The normalized spacial score (nSPS) is 59.9. The number of nitrogens with two attached hydrogens (primary N) is 1. The van der Waals surface area contributed by atoms with E-state index in [2.05, 4.69) is 13.8 Å². The zero-order chi connectivity index (χ0) is 15.9. The molecule has 0 heterocycles. The fraction of sp³-hybridized carbons (Fsp3) is 1.00. The second-order valence-electron chi connectivity index (χ2n) is 10.3. The molecule has 5 aliphatic rings. The monoisotopic (exact) mass is 315 g/mol. The number of rotatable bonds is 3. The van der Waals surface area contributed by atoms with Crippen LogP contribution in [0.3, 0.4) is 0 Å². The predicted molar refractivity (Wildman–Crippen MR) is 95.9 cm³/mol. The zero-order valence-corrected chi connectivity index (χ0v) is 15.4. The van der Waals surface area contributed by atoms with E-state index in [4.69, 9.17) is 5.73 Å².